The number of rotatable bonds is 3. The molecule has 1 N–H and O–H groups in total. The molecule has 0 aliphatic carbocycles. The average Bonchev–Trinajstić information content (AvgIpc) is 3.14. The van der Waals surface area contributed by atoms with E-state index in [0.29, 0.717) is 11.6 Å². The molecule has 142 valence electrons. The molecule has 0 spiro atoms. The van der Waals surface area contributed by atoms with E-state index in [1.165, 1.54) is 0 Å². The summed E-state index contributed by atoms with van der Waals surface area (Å²) in [6, 6.07) is 21.7. The van der Waals surface area contributed by atoms with Gasteiger partial charge in [-0.15, -0.1) is 0 Å². The van der Waals surface area contributed by atoms with Crippen LogP contribution in [0.1, 0.15) is 11.1 Å². The second kappa shape index (κ2) is 6.90. The molecule has 0 saturated carbocycles. The van der Waals surface area contributed by atoms with E-state index in [1.54, 1.807) is 0 Å². The maximum absolute atomic E-state index is 6.18. The molecule has 2 heterocycles. The molecule has 0 amide bonds. The minimum absolute atomic E-state index is 0.516. The Bertz CT molecular complexity index is 1320. The van der Waals surface area contributed by atoms with Crippen molar-refractivity contribution < 1.29 is 4.42 Å². The number of nitrogens with zero attached hydrogens (tertiary/aromatic N) is 2. The minimum Gasteiger partial charge on any atom is -0.435 e. The van der Waals surface area contributed by atoms with Crippen LogP contribution < -0.4 is 5.32 Å². The number of para-hydroxylation sites is 3. The van der Waals surface area contributed by atoms with Crippen molar-refractivity contribution in [2.45, 2.75) is 13.8 Å². The highest BCUT2D eigenvalue weighted by Crippen LogP contribution is 2.32. The highest BCUT2D eigenvalue weighted by molar-refractivity contribution is 6.30. The van der Waals surface area contributed by atoms with Gasteiger partial charge in [0, 0.05) is 16.1 Å². The molecule has 3 aromatic carbocycles. The van der Waals surface area contributed by atoms with E-state index in [1.807, 2.05) is 80.6 Å². The van der Waals surface area contributed by atoms with Crippen molar-refractivity contribution in [2.24, 2.45) is 0 Å². The van der Waals surface area contributed by atoms with E-state index < -0.39 is 0 Å². The predicted octanol–water partition coefficient (Wildman–Crippen LogP) is 7.06. The number of hydrogen-bond acceptors (Lipinski definition) is 4. The van der Waals surface area contributed by atoms with Crippen LogP contribution in [0.2, 0.25) is 5.02 Å². The zero-order valence-corrected chi connectivity index (χ0v) is 16.8. The van der Waals surface area contributed by atoms with Crippen molar-refractivity contribution >= 4 is 45.0 Å². The Kier molecular flexibility index (Phi) is 4.22. The van der Waals surface area contributed by atoms with E-state index in [9.17, 15) is 0 Å². The molecule has 0 radical (unpaired) electrons. The lowest BCUT2D eigenvalue weighted by Crippen LogP contribution is -1.98. The van der Waals surface area contributed by atoms with Crippen LogP contribution >= 0.6 is 11.6 Å². The number of halogens is 1. The summed E-state index contributed by atoms with van der Waals surface area (Å²) in [4.78, 5) is 9.45. The normalized spacial score (nSPS) is 11.3. The lowest BCUT2D eigenvalue weighted by molar-refractivity contribution is 0.617. The monoisotopic (exact) mass is 399 g/mol. The van der Waals surface area contributed by atoms with Gasteiger partial charge in [-0.05, 0) is 61.4 Å². The number of aryl methyl sites for hydroxylation is 2. The Balaban J connectivity index is 1.62. The van der Waals surface area contributed by atoms with E-state index in [4.69, 9.17) is 21.0 Å². The molecule has 0 atom stereocenters. The number of anilines is 2. The number of aromatic nitrogens is 2. The highest BCUT2D eigenvalue weighted by Gasteiger charge is 2.13. The van der Waals surface area contributed by atoms with E-state index >= 15 is 0 Å². The first-order chi connectivity index (χ1) is 14.1. The third-order valence-corrected chi connectivity index (χ3v) is 5.21. The number of hydrogen-bond donors (Lipinski definition) is 1. The number of oxazole rings is 1. The van der Waals surface area contributed by atoms with Crippen LogP contribution in [-0.2, 0) is 0 Å². The number of nitrogens with one attached hydrogen (secondary N) is 1. The smallest absolute Gasteiger partial charge is 0.246 e. The number of fused-ring (bicyclic) bond motifs is 2. The lowest BCUT2D eigenvalue weighted by atomic mass is 10.1. The van der Waals surface area contributed by atoms with Crippen molar-refractivity contribution in [2.75, 3.05) is 5.32 Å². The second-order valence-corrected chi connectivity index (χ2v) is 7.54. The summed E-state index contributed by atoms with van der Waals surface area (Å²) in [5.41, 5.74) is 7.27. The summed E-state index contributed by atoms with van der Waals surface area (Å²) in [6.45, 7) is 4.09. The second-order valence-electron chi connectivity index (χ2n) is 7.10. The quantitative estimate of drug-likeness (QED) is 0.353. The summed E-state index contributed by atoms with van der Waals surface area (Å²) in [5, 5.41) is 5.32. The third-order valence-electron chi connectivity index (χ3n) is 4.99. The minimum atomic E-state index is 0.516. The topological polar surface area (TPSA) is 51.0 Å². The summed E-state index contributed by atoms with van der Waals surface area (Å²) in [5.74, 6) is 0.516. The molecule has 0 aliphatic rings. The fraction of sp³-hybridized carbons (Fsp3) is 0.0833. The molecule has 0 unspecified atom stereocenters. The molecule has 4 nitrogen and oxygen atoms in total. The zero-order valence-electron chi connectivity index (χ0n) is 16.0. The van der Waals surface area contributed by atoms with Crippen molar-refractivity contribution in [3.05, 3.63) is 82.9 Å². The van der Waals surface area contributed by atoms with Gasteiger partial charge in [-0.1, -0.05) is 41.9 Å². The Labute approximate surface area is 173 Å². The number of pyridine rings is 1. The third kappa shape index (κ3) is 3.22. The van der Waals surface area contributed by atoms with Crippen molar-refractivity contribution in [3.8, 4) is 11.6 Å². The molecule has 0 aliphatic heterocycles. The maximum atomic E-state index is 6.18. The van der Waals surface area contributed by atoms with Gasteiger partial charge < -0.3 is 9.73 Å². The van der Waals surface area contributed by atoms with Crippen LogP contribution in [0, 0.1) is 13.8 Å². The molecular weight excluding hydrogens is 382 g/mol. The lowest BCUT2D eigenvalue weighted by Gasteiger charge is -2.15. The van der Waals surface area contributed by atoms with E-state index in [2.05, 4.69) is 10.3 Å². The Morgan fingerprint density at radius 2 is 1.66 bits per heavy atom. The van der Waals surface area contributed by atoms with Crippen molar-refractivity contribution in [3.63, 3.8) is 0 Å². The summed E-state index contributed by atoms with van der Waals surface area (Å²) < 4.78 is 5.90. The van der Waals surface area contributed by atoms with Crippen LogP contribution in [0.4, 0.5) is 11.4 Å². The van der Waals surface area contributed by atoms with Gasteiger partial charge in [-0.3, -0.25) is 0 Å². The van der Waals surface area contributed by atoms with Gasteiger partial charge in [0.25, 0.3) is 0 Å². The van der Waals surface area contributed by atoms with Gasteiger partial charge in [0.05, 0.1) is 11.2 Å². The van der Waals surface area contributed by atoms with Crippen LogP contribution in [-0.4, -0.2) is 9.97 Å². The van der Waals surface area contributed by atoms with E-state index in [-0.39, 0.29) is 0 Å². The molecule has 29 heavy (non-hydrogen) atoms. The van der Waals surface area contributed by atoms with Gasteiger partial charge >= 0.3 is 0 Å². The maximum Gasteiger partial charge on any atom is 0.246 e. The summed E-state index contributed by atoms with van der Waals surface area (Å²) in [6.07, 6.45) is 0. The summed E-state index contributed by atoms with van der Waals surface area (Å²) >= 11 is 6.18. The van der Waals surface area contributed by atoms with Gasteiger partial charge in [0.2, 0.25) is 5.89 Å². The van der Waals surface area contributed by atoms with Gasteiger partial charge in [-0.2, -0.15) is 0 Å². The molecule has 5 heteroatoms. The predicted molar refractivity (Wildman–Crippen MR) is 119 cm³/mol. The van der Waals surface area contributed by atoms with Crippen LogP contribution in [0.5, 0.6) is 0 Å². The van der Waals surface area contributed by atoms with Crippen molar-refractivity contribution in [1.82, 2.24) is 9.97 Å². The van der Waals surface area contributed by atoms with Crippen molar-refractivity contribution in [1.29, 1.82) is 0 Å². The molecule has 5 aromatic rings. The van der Waals surface area contributed by atoms with Gasteiger partial charge in [0.1, 0.15) is 11.2 Å². The average molecular weight is 400 g/mol. The molecule has 2 aromatic heterocycles. The fourth-order valence-electron chi connectivity index (χ4n) is 3.59. The Morgan fingerprint density at radius 1 is 0.862 bits per heavy atom. The first kappa shape index (κ1) is 17.7. The van der Waals surface area contributed by atoms with Gasteiger partial charge in [-0.25, -0.2) is 9.97 Å². The summed E-state index contributed by atoms with van der Waals surface area (Å²) in [7, 11) is 0. The van der Waals surface area contributed by atoms with Gasteiger partial charge in [0.15, 0.2) is 5.58 Å². The molecule has 0 fully saturated rings. The van der Waals surface area contributed by atoms with E-state index in [0.717, 1.165) is 49.5 Å². The first-order valence-electron chi connectivity index (χ1n) is 9.38. The molecular formula is C24H18ClN3O. The first-order valence-corrected chi connectivity index (χ1v) is 9.76. The molecule has 0 bridgehead atoms. The van der Waals surface area contributed by atoms with Crippen LogP contribution in [0.25, 0.3) is 33.6 Å². The standard InChI is InChI=1S/C24H18ClN3O/c1-14-12-17(25)13-15(2)22(14)26-19-8-5-6-16-10-11-20(27-23(16)19)24-28-18-7-3-4-9-21(18)29-24/h3-13,26H,1-2H3. The molecule has 0 saturated heterocycles. The zero-order chi connectivity index (χ0) is 20.0. The fourth-order valence-corrected chi connectivity index (χ4v) is 3.92. The Morgan fingerprint density at radius 3 is 2.45 bits per heavy atom. The van der Waals surface area contributed by atoms with Crippen LogP contribution in [0.3, 0.4) is 0 Å². The molecule has 5 rings (SSSR count). The SMILES string of the molecule is Cc1cc(Cl)cc(C)c1Nc1cccc2ccc(-c3nc4ccccc4o3)nc12. The Hall–Kier alpha value is -3.37. The highest BCUT2D eigenvalue weighted by atomic mass is 35.5. The largest absolute Gasteiger partial charge is 0.435 e. The van der Waals surface area contributed by atoms with Crippen LogP contribution in [0.15, 0.2) is 71.1 Å². The number of benzene rings is 3.